The van der Waals surface area contributed by atoms with E-state index in [2.05, 4.69) is 53.1 Å². The third kappa shape index (κ3) is 6.42. The lowest BCUT2D eigenvalue weighted by Gasteiger charge is -2.41. The van der Waals surface area contributed by atoms with Crippen LogP contribution in [0.4, 0.5) is 0 Å². The van der Waals surface area contributed by atoms with Gasteiger partial charge in [-0.1, -0.05) is 18.2 Å². The minimum absolute atomic E-state index is 0.558. The maximum Gasteiger partial charge on any atom is 0.328 e. The van der Waals surface area contributed by atoms with Crippen molar-refractivity contribution < 1.29 is 19.8 Å². The fraction of sp³-hybridized carbons (Fsp3) is 0.500. The Balaban J connectivity index is 0.000000293. The molecule has 1 fully saturated rings. The number of nitrogens with zero attached hydrogens (tertiary/aromatic N) is 2. The third-order valence-corrected chi connectivity index (χ3v) is 6.26. The normalized spacial score (nSPS) is 20.9. The molecule has 2 aliphatic rings. The molecule has 168 valence electrons. The number of fused-ring (bicyclic) bond motifs is 4. The van der Waals surface area contributed by atoms with Gasteiger partial charge in [0.15, 0.2) is 0 Å². The quantitative estimate of drug-likeness (QED) is 0.614. The number of piperidine rings is 1. The first-order valence-electron chi connectivity index (χ1n) is 10.9. The number of hydrogen-bond donors (Lipinski definition) is 3. The maximum atomic E-state index is 9.55. The number of carbonyl (C=O) groups is 2. The fourth-order valence-electron chi connectivity index (χ4n) is 4.80. The number of rotatable bonds is 6. The van der Waals surface area contributed by atoms with Crippen LogP contribution in [0.2, 0.25) is 0 Å². The lowest BCUT2D eigenvalue weighted by molar-refractivity contribution is -0.134. The molecule has 2 aromatic rings. The van der Waals surface area contributed by atoms with E-state index < -0.39 is 11.9 Å². The lowest BCUT2D eigenvalue weighted by atomic mass is 9.74. The van der Waals surface area contributed by atoms with E-state index >= 15 is 0 Å². The van der Waals surface area contributed by atoms with Crippen LogP contribution in [0.15, 0.2) is 36.4 Å². The summed E-state index contributed by atoms with van der Waals surface area (Å²) in [5.74, 6) is -0.768. The molecule has 1 aromatic carbocycles. The number of para-hydroxylation sites is 1. The fourth-order valence-corrected chi connectivity index (χ4v) is 4.80. The molecular weight excluding hydrogens is 394 g/mol. The summed E-state index contributed by atoms with van der Waals surface area (Å²) < 4.78 is 0. The van der Waals surface area contributed by atoms with Gasteiger partial charge in [0, 0.05) is 35.3 Å². The van der Waals surface area contributed by atoms with Crippen molar-refractivity contribution in [1.29, 1.82) is 0 Å². The molecule has 2 heterocycles. The van der Waals surface area contributed by atoms with Crippen LogP contribution in [0.5, 0.6) is 0 Å². The monoisotopic (exact) mass is 427 g/mol. The molecular formula is C24H33N3O4. The van der Waals surface area contributed by atoms with Crippen molar-refractivity contribution in [2.24, 2.45) is 11.8 Å². The average Bonchev–Trinajstić information content (AvgIpc) is 3.08. The van der Waals surface area contributed by atoms with E-state index in [4.69, 9.17) is 10.2 Å². The van der Waals surface area contributed by atoms with E-state index in [0.717, 1.165) is 11.8 Å². The van der Waals surface area contributed by atoms with Crippen LogP contribution in [0, 0.1) is 11.8 Å². The maximum absolute atomic E-state index is 9.55. The molecule has 1 aliphatic carbocycles. The van der Waals surface area contributed by atoms with E-state index in [1.807, 2.05) is 0 Å². The van der Waals surface area contributed by atoms with Gasteiger partial charge in [-0.25, -0.2) is 9.59 Å². The van der Waals surface area contributed by atoms with E-state index in [0.29, 0.717) is 12.2 Å². The summed E-state index contributed by atoms with van der Waals surface area (Å²) in [7, 11) is 4.35. The first kappa shape index (κ1) is 23.0. The van der Waals surface area contributed by atoms with Gasteiger partial charge in [0.05, 0.1) is 0 Å². The molecule has 3 N–H and O–H groups in total. The van der Waals surface area contributed by atoms with Gasteiger partial charge in [-0.2, -0.15) is 0 Å². The van der Waals surface area contributed by atoms with E-state index in [9.17, 15) is 9.59 Å². The van der Waals surface area contributed by atoms with Crippen molar-refractivity contribution in [3.8, 4) is 0 Å². The number of aliphatic carboxylic acids is 2. The smallest absolute Gasteiger partial charge is 0.328 e. The first-order chi connectivity index (χ1) is 14.8. The van der Waals surface area contributed by atoms with E-state index in [-0.39, 0.29) is 0 Å². The summed E-state index contributed by atoms with van der Waals surface area (Å²) in [6.07, 6.45) is 6.32. The predicted molar refractivity (Wildman–Crippen MR) is 121 cm³/mol. The molecule has 0 radical (unpaired) electrons. The Labute approximate surface area is 183 Å². The number of aromatic amines is 1. The van der Waals surface area contributed by atoms with Gasteiger partial charge < -0.3 is 25.0 Å². The number of aromatic nitrogens is 1. The van der Waals surface area contributed by atoms with Gasteiger partial charge in [0.1, 0.15) is 0 Å². The highest BCUT2D eigenvalue weighted by atomic mass is 16.4. The molecule has 0 saturated carbocycles. The molecule has 7 heteroatoms. The summed E-state index contributed by atoms with van der Waals surface area (Å²) in [6, 6.07) is 8.84. The lowest BCUT2D eigenvalue weighted by Crippen LogP contribution is -2.44. The van der Waals surface area contributed by atoms with Crippen LogP contribution in [0.25, 0.3) is 10.9 Å². The number of benzene rings is 1. The SMILES string of the molecule is CN(C)CCCN1CC[C@@H]2Cc3[nH]c4ccccc4c3C[C@@H]2C1.O=C(O)/C=C/C(=O)O. The molecule has 4 rings (SSSR count). The van der Waals surface area contributed by atoms with Gasteiger partial charge in [0.25, 0.3) is 0 Å². The second-order valence-electron chi connectivity index (χ2n) is 8.81. The molecule has 0 unspecified atom stereocenters. The van der Waals surface area contributed by atoms with Gasteiger partial charge in [-0.3, -0.25) is 0 Å². The second-order valence-corrected chi connectivity index (χ2v) is 8.81. The second kappa shape index (κ2) is 10.6. The number of H-pyrrole nitrogens is 1. The van der Waals surface area contributed by atoms with Crippen molar-refractivity contribution in [2.75, 3.05) is 40.3 Å². The molecule has 1 aromatic heterocycles. The summed E-state index contributed by atoms with van der Waals surface area (Å²) in [5, 5.41) is 17.1. The highest BCUT2D eigenvalue weighted by Gasteiger charge is 2.34. The average molecular weight is 428 g/mol. The predicted octanol–water partition coefficient (Wildman–Crippen LogP) is 2.87. The number of hydrogen-bond acceptors (Lipinski definition) is 4. The zero-order chi connectivity index (χ0) is 22.4. The van der Waals surface area contributed by atoms with Gasteiger partial charge in [-0.05, 0) is 82.9 Å². The van der Waals surface area contributed by atoms with Crippen LogP contribution < -0.4 is 0 Å². The number of carboxylic acid groups (broad SMARTS) is 2. The third-order valence-electron chi connectivity index (χ3n) is 6.26. The van der Waals surface area contributed by atoms with Crippen molar-refractivity contribution in [2.45, 2.75) is 25.7 Å². The highest BCUT2D eigenvalue weighted by Crippen LogP contribution is 2.38. The van der Waals surface area contributed by atoms with Crippen molar-refractivity contribution in [1.82, 2.24) is 14.8 Å². The van der Waals surface area contributed by atoms with E-state index in [1.165, 1.54) is 68.5 Å². The Morgan fingerprint density at radius 1 is 1.13 bits per heavy atom. The van der Waals surface area contributed by atoms with Crippen molar-refractivity contribution >= 4 is 22.8 Å². The van der Waals surface area contributed by atoms with Crippen LogP contribution in [-0.4, -0.2) is 77.2 Å². The summed E-state index contributed by atoms with van der Waals surface area (Å²) in [6.45, 7) is 5.07. The van der Waals surface area contributed by atoms with Crippen LogP contribution in [0.3, 0.4) is 0 Å². The molecule has 0 spiro atoms. The first-order valence-corrected chi connectivity index (χ1v) is 10.9. The Hall–Kier alpha value is -2.64. The molecule has 31 heavy (non-hydrogen) atoms. The van der Waals surface area contributed by atoms with Gasteiger partial charge in [0.2, 0.25) is 0 Å². The van der Waals surface area contributed by atoms with Crippen molar-refractivity contribution in [3.63, 3.8) is 0 Å². The number of carboxylic acids is 2. The minimum atomic E-state index is -1.26. The van der Waals surface area contributed by atoms with Gasteiger partial charge >= 0.3 is 11.9 Å². The molecule has 1 aliphatic heterocycles. The largest absolute Gasteiger partial charge is 0.478 e. The number of likely N-dealkylation sites (tertiary alicyclic amines) is 1. The number of nitrogens with one attached hydrogen (secondary N) is 1. The molecule has 7 nitrogen and oxygen atoms in total. The Morgan fingerprint density at radius 3 is 2.52 bits per heavy atom. The summed E-state index contributed by atoms with van der Waals surface area (Å²) >= 11 is 0. The molecule has 1 saturated heterocycles. The Morgan fingerprint density at radius 2 is 1.84 bits per heavy atom. The standard InChI is InChI=1S/C20H29N3.C4H4O4/c1-22(2)9-5-10-23-11-8-15-13-20-18(12-16(15)14-23)17-6-3-4-7-19(17)21-20;5-3(6)1-2-4(7)8/h3-4,6-7,15-16,21H,5,8-14H2,1-2H3;1-2H,(H,5,6)(H,7,8)/b;2-1+/t15-,16-;/m1./s1. The molecule has 0 bridgehead atoms. The summed E-state index contributed by atoms with van der Waals surface area (Å²) in [4.78, 5) is 27.8. The van der Waals surface area contributed by atoms with E-state index in [1.54, 1.807) is 5.56 Å². The zero-order valence-electron chi connectivity index (χ0n) is 18.4. The van der Waals surface area contributed by atoms with Crippen LogP contribution in [0.1, 0.15) is 24.1 Å². The van der Waals surface area contributed by atoms with Gasteiger partial charge in [-0.15, -0.1) is 0 Å². The zero-order valence-corrected chi connectivity index (χ0v) is 18.4. The Bertz CT molecular complexity index is 918. The minimum Gasteiger partial charge on any atom is -0.478 e. The topological polar surface area (TPSA) is 96.9 Å². The Kier molecular flexibility index (Phi) is 7.87. The highest BCUT2D eigenvalue weighted by molar-refractivity contribution is 5.89. The molecule has 2 atom stereocenters. The summed E-state index contributed by atoms with van der Waals surface area (Å²) in [5.41, 5.74) is 4.46. The van der Waals surface area contributed by atoms with Crippen LogP contribution in [-0.2, 0) is 22.4 Å². The van der Waals surface area contributed by atoms with Crippen molar-refractivity contribution in [3.05, 3.63) is 47.7 Å². The van der Waals surface area contributed by atoms with Crippen LogP contribution >= 0.6 is 0 Å². The molecule has 0 amide bonds.